The van der Waals surface area contributed by atoms with E-state index in [-0.39, 0.29) is 11.8 Å². The number of fused-ring (bicyclic) bond motifs is 2. The molecule has 0 bridgehead atoms. The highest BCUT2D eigenvalue weighted by molar-refractivity contribution is 6.07. The van der Waals surface area contributed by atoms with Crippen LogP contribution in [0.4, 0.5) is 5.69 Å². The lowest BCUT2D eigenvalue weighted by Crippen LogP contribution is -2.48. The molecule has 0 atom stereocenters. The molecule has 1 aromatic heterocycles. The number of hydrogen-bond donors (Lipinski definition) is 1. The number of hydrogen-bond acceptors (Lipinski definition) is 5. The zero-order valence-electron chi connectivity index (χ0n) is 18.4. The molecule has 3 aromatic rings. The Morgan fingerprint density at radius 2 is 1.88 bits per heavy atom. The Balaban J connectivity index is 1.36. The van der Waals surface area contributed by atoms with E-state index >= 15 is 0 Å². The van der Waals surface area contributed by atoms with Gasteiger partial charge in [0.15, 0.2) is 11.5 Å². The van der Waals surface area contributed by atoms with E-state index in [1.54, 1.807) is 36.5 Å². The summed E-state index contributed by atoms with van der Waals surface area (Å²) in [7, 11) is 1.60. The maximum absolute atomic E-state index is 13.1. The molecule has 1 spiro atoms. The third-order valence-electron chi connectivity index (χ3n) is 6.55. The first-order valence-corrected chi connectivity index (χ1v) is 11.0. The van der Waals surface area contributed by atoms with E-state index in [1.165, 1.54) is 0 Å². The number of carbonyl (C=O) groups is 2. The predicted molar refractivity (Wildman–Crippen MR) is 123 cm³/mol. The number of methoxy groups -OCH3 is 1. The molecule has 168 valence electrons. The van der Waals surface area contributed by atoms with Crippen LogP contribution in [0.3, 0.4) is 0 Å². The predicted octanol–water partition coefficient (Wildman–Crippen LogP) is 3.80. The second-order valence-electron chi connectivity index (χ2n) is 8.39. The van der Waals surface area contributed by atoms with E-state index in [9.17, 15) is 9.59 Å². The molecule has 7 nitrogen and oxygen atoms in total. The van der Waals surface area contributed by atoms with Crippen LogP contribution in [-0.2, 0) is 16.8 Å². The van der Waals surface area contributed by atoms with Crippen molar-refractivity contribution in [1.82, 2.24) is 9.88 Å². The van der Waals surface area contributed by atoms with Gasteiger partial charge in [0.1, 0.15) is 6.61 Å². The number of rotatable bonds is 5. The molecule has 1 saturated heterocycles. The molecule has 0 saturated carbocycles. The lowest BCUT2D eigenvalue weighted by atomic mass is 9.73. The zero-order valence-corrected chi connectivity index (χ0v) is 18.4. The molecule has 7 heteroatoms. The molecular weight excluding hydrogens is 418 g/mol. The van der Waals surface area contributed by atoms with Crippen molar-refractivity contribution in [1.29, 1.82) is 0 Å². The van der Waals surface area contributed by atoms with Gasteiger partial charge in [0.2, 0.25) is 5.91 Å². The maximum atomic E-state index is 13.1. The molecule has 3 heterocycles. The number of aromatic nitrogens is 1. The fraction of sp³-hybridized carbons (Fsp3) is 0.269. The first-order valence-electron chi connectivity index (χ1n) is 11.0. The summed E-state index contributed by atoms with van der Waals surface area (Å²) in [4.78, 5) is 31.8. The number of nitrogens with one attached hydrogen (secondary N) is 1. The number of likely N-dealkylation sites (tertiary alicyclic amines) is 1. The third kappa shape index (κ3) is 3.80. The van der Waals surface area contributed by atoms with Crippen molar-refractivity contribution in [2.24, 2.45) is 0 Å². The van der Waals surface area contributed by atoms with Gasteiger partial charge in [-0.15, -0.1) is 0 Å². The van der Waals surface area contributed by atoms with Crippen LogP contribution >= 0.6 is 0 Å². The Kier molecular flexibility index (Phi) is 5.46. The number of anilines is 1. The first kappa shape index (κ1) is 21.0. The molecule has 2 aliphatic heterocycles. The van der Waals surface area contributed by atoms with Crippen molar-refractivity contribution in [3.05, 3.63) is 83.7 Å². The highest BCUT2D eigenvalue weighted by atomic mass is 16.5. The number of amides is 2. The number of nitrogens with zero attached hydrogens (tertiary/aromatic N) is 2. The largest absolute Gasteiger partial charge is 0.493 e. The van der Waals surface area contributed by atoms with Crippen molar-refractivity contribution >= 4 is 17.5 Å². The van der Waals surface area contributed by atoms with Crippen LogP contribution in [-0.4, -0.2) is 41.9 Å². The summed E-state index contributed by atoms with van der Waals surface area (Å²) >= 11 is 0. The van der Waals surface area contributed by atoms with Gasteiger partial charge < -0.3 is 19.7 Å². The van der Waals surface area contributed by atoms with E-state index in [1.807, 2.05) is 42.5 Å². The van der Waals surface area contributed by atoms with Crippen LogP contribution < -0.4 is 14.8 Å². The molecule has 0 radical (unpaired) electrons. The molecule has 0 aliphatic carbocycles. The van der Waals surface area contributed by atoms with Crippen LogP contribution in [0.1, 0.15) is 34.3 Å². The molecule has 2 aliphatic rings. The lowest BCUT2D eigenvalue weighted by molar-refractivity contribution is -0.122. The van der Waals surface area contributed by atoms with Crippen molar-refractivity contribution in [2.45, 2.75) is 24.9 Å². The highest BCUT2D eigenvalue weighted by Gasteiger charge is 2.49. The minimum atomic E-state index is -0.674. The van der Waals surface area contributed by atoms with E-state index in [0.717, 1.165) is 16.8 Å². The Hall–Kier alpha value is -3.87. The summed E-state index contributed by atoms with van der Waals surface area (Å²) in [6.45, 7) is 1.39. The molecule has 2 amide bonds. The lowest BCUT2D eigenvalue weighted by Gasteiger charge is -2.38. The summed E-state index contributed by atoms with van der Waals surface area (Å²) in [6, 6.07) is 17.2. The second-order valence-corrected chi connectivity index (χ2v) is 8.39. The van der Waals surface area contributed by atoms with Crippen LogP contribution in [0.15, 0.2) is 67.0 Å². The summed E-state index contributed by atoms with van der Waals surface area (Å²) in [5.41, 5.74) is 2.59. The molecule has 1 N–H and O–H groups in total. The minimum Gasteiger partial charge on any atom is -0.493 e. The monoisotopic (exact) mass is 443 g/mol. The van der Waals surface area contributed by atoms with Gasteiger partial charge in [-0.1, -0.05) is 30.3 Å². The molecule has 1 fully saturated rings. The zero-order chi connectivity index (χ0) is 22.8. The Labute approximate surface area is 192 Å². The highest BCUT2D eigenvalue weighted by Crippen LogP contribution is 2.49. The van der Waals surface area contributed by atoms with Crippen molar-refractivity contribution in [2.75, 3.05) is 25.5 Å². The molecule has 2 aromatic carbocycles. The van der Waals surface area contributed by atoms with Gasteiger partial charge in [-0.25, -0.2) is 0 Å². The molecule has 0 unspecified atom stereocenters. The Bertz CT molecular complexity index is 1170. The number of piperidine rings is 1. The SMILES string of the molecule is COc1cc2c(cc1OCc1ccccc1)NC(=O)C21CCN(C(=O)c2cccnc2)CC1. The van der Waals surface area contributed by atoms with Crippen LogP contribution in [0.25, 0.3) is 0 Å². The average molecular weight is 444 g/mol. The number of ether oxygens (including phenoxy) is 2. The van der Waals surface area contributed by atoms with E-state index in [2.05, 4.69) is 10.3 Å². The quantitative estimate of drug-likeness (QED) is 0.649. The first-order chi connectivity index (χ1) is 16.1. The molecule has 5 rings (SSSR count). The van der Waals surface area contributed by atoms with Crippen molar-refractivity contribution in [3.8, 4) is 11.5 Å². The third-order valence-corrected chi connectivity index (χ3v) is 6.55. The summed E-state index contributed by atoms with van der Waals surface area (Å²) in [5, 5.41) is 3.04. The minimum absolute atomic E-state index is 0.0340. The summed E-state index contributed by atoms with van der Waals surface area (Å²) in [5.74, 6) is 1.09. The Morgan fingerprint density at radius 1 is 1.09 bits per heavy atom. The van der Waals surface area contributed by atoms with Gasteiger partial charge in [-0.2, -0.15) is 0 Å². The smallest absolute Gasteiger partial charge is 0.255 e. The van der Waals surface area contributed by atoms with Crippen molar-refractivity contribution in [3.63, 3.8) is 0 Å². The molecular formula is C26H25N3O4. The molecule has 33 heavy (non-hydrogen) atoms. The fourth-order valence-electron chi connectivity index (χ4n) is 4.69. The fourth-order valence-corrected chi connectivity index (χ4v) is 4.69. The topological polar surface area (TPSA) is 80.8 Å². The van der Waals surface area contributed by atoms with Gasteiger partial charge in [0.25, 0.3) is 5.91 Å². The van der Waals surface area contributed by atoms with Gasteiger partial charge in [0, 0.05) is 37.2 Å². The normalized spacial score (nSPS) is 16.3. The van der Waals surface area contributed by atoms with Gasteiger partial charge in [0.05, 0.1) is 18.1 Å². The van der Waals surface area contributed by atoms with Gasteiger partial charge in [-0.05, 0) is 42.2 Å². The van der Waals surface area contributed by atoms with Crippen LogP contribution in [0, 0.1) is 0 Å². The van der Waals surface area contributed by atoms with E-state index in [0.29, 0.717) is 49.6 Å². The average Bonchev–Trinajstić information content (AvgIpc) is 3.13. The van der Waals surface area contributed by atoms with Crippen LogP contribution in [0.2, 0.25) is 0 Å². The summed E-state index contributed by atoms with van der Waals surface area (Å²) in [6.07, 6.45) is 4.32. The summed E-state index contributed by atoms with van der Waals surface area (Å²) < 4.78 is 11.6. The Morgan fingerprint density at radius 3 is 2.58 bits per heavy atom. The number of benzene rings is 2. The van der Waals surface area contributed by atoms with Crippen LogP contribution in [0.5, 0.6) is 11.5 Å². The number of carbonyl (C=O) groups excluding carboxylic acids is 2. The van der Waals surface area contributed by atoms with E-state index in [4.69, 9.17) is 9.47 Å². The van der Waals surface area contributed by atoms with E-state index < -0.39 is 5.41 Å². The van der Waals surface area contributed by atoms with Gasteiger partial charge >= 0.3 is 0 Å². The van der Waals surface area contributed by atoms with Gasteiger partial charge in [-0.3, -0.25) is 14.6 Å². The number of pyridine rings is 1. The van der Waals surface area contributed by atoms with Crippen molar-refractivity contribution < 1.29 is 19.1 Å². The maximum Gasteiger partial charge on any atom is 0.255 e. The second kappa shape index (κ2) is 8.58. The standard InChI is InChI=1S/C26H25N3O4/c1-32-22-14-20-21(15-23(22)33-17-18-6-3-2-4-7-18)28-25(31)26(20)9-12-29(13-10-26)24(30)19-8-5-11-27-16-19/h2-8,11,14-16H,9-10,12-13,17H2,1H3,(H,28,31).